The molecule has 1 aliphatic rings. The standard InChI is InChI=1S/C67H94N16O14S/c1-38(2)30-53(67(97)98-29-27-73-40(5)84)81-58(88)47(18-12-26-68)76-65(95)57(39(3)4)82-63(93)50(33-43-20-22-45(85)23-21-43)77-59(89)48(24-25-55(70)86)75-62(92)52(35-56(71)87)79-61(91)51(34-44-36-72-37-74-44)78-60(90)49(32-42-16-10-7-11-17-42)80-64(94)54-19-13-28-83(54)66(96)46(69)31-41-14-8-6-9-15-41/h6-11,14-17,20-23,36-39,46-54,57,85H,12-13,18-19,24-35,68-69H2,1-5H3,(H2,70,86)(H2,71,87)(H,72,74)(H,73,84)(H,75,92)(H,76,95)(H,77,89)(H,78,90)(H,79,91)(H,80,94)(H,81,88)(H,82,93)/t46-,47+,48+,49+,50+,51+,52+,53+,54+,57+/m1/s1. The van der Waals surface area contributed by atoms with Crippen molar-refractivity contribution >= 4 is 87.8 Å². The number of imidazole rings is 1. The SMILES string of the molecule is CC(=O)NCCSC(=O)[C@H](CC(C)C)NC(=O)[C@H](CCCN)NC(=O)[C@@H](NC(=O)[C@H](Cc1ccc(O)cc1)NC(=O)[C@H](CCC(N)=O)NC(=O)[C@H](CC(N)=O)NC(=O)[C@H](Cc1cnc[nH]1)NC(=O)[C@H](Cc1ccccc1)NC(=O)[C@@H]1CCCN1C(=O)[C@H](N)Cc1ccccc1)C(C)C. The van der Waals surface area contributed by atoms with Gasteiger partial charge in [0, 0.05) is 63.3 Å². The van der Waals surface area contributed by atoms with Gasteiger partial charge >= 0.3 is 0 Å². The van der Waals surface area contributed by atoms with Crippen LogP contribution in [0.15, 0.2) is 97.5 Å². The smallest absolute Gasteiger partial charge is 0.243 e. The average molecular weight is 1380 g/mol. The van der Waals surface area contributed by atoms with Crippen molar-refractivity contribution < 1.29 is 67.4 Å². The molecule has 1 aromatic heterocycles. The van der Waals surface area contributed by atoms with E-state index in [9.17, 15) is 67.4 Å². The van der Waals surface area contributed by atoms with Gasteiger partial charge in [-0.3, -0.25) is 62.3 Å². The van der Waals surface area contributed by atoms with Crippen LogP contribution in [0.4, 0.5) is 0 Å². The van der Waals surface area contributed by atoms with Crippen LogP contribution in [0.5, 0.6) is 5.75 Å². The summed E-state index contributed by atoms with van der Waals surface area (Å²) in [6.45, 7) is 8.86. The van der Waals surface area contributed by atoms with Crippen molar-refractivity contribution in [3.63, 3.8) is 0 Å². The minimum Gasteiger partial charge on any atom is -0.508 e. The van der Waals surface area contributed by atoms with Crippen LogP contribution in [-0.2, 0) is 88.0 Å². The van der Waals surface area contributed by atoms with Gasteiger partial charge in [-0.25, -0.2) is 4.98 Å². The number of carbonyl (C=O) groups is 13. The molecule has 0 radical (unpaired) electrons. The highest BCUT2D eigenvalue weighted by Gasteiger charge is 2.40. The number of benzene rings is 3. The molecule has 1 saturated heterocycles. The number of primary amides is 2. The zero-order chi connectivity index (χ0) is 72.0. The Bertz CT molecular complexity index is 3350. The number of aromatic amines is 1. The molecule has 10 atom stereocenters. The van der Waals surface area contributed by atoms with Crippen LogP contribution in [0, 0.1) is 11.8 Å². The first-order chi connectivity index (χ1) is 46.6. The van der Waals surface area contributed by atoms with Crippen LogP contribution >= 0.6 is 11.8 Å². The predicted molar refractivity (Wildman–Crippen MR) is 364 cm³/mol. The number of likely N-dealkylation sites (tertiary alicyclic amines) is 1. The number of hydrogen-bond acceptors (Lipinski definition) is 18. The van der Waals surface area contributed by atoms with Crippen molar-refractivity contribution in [2.24, 2.45) is 34.8 Å². The molecule has 0 saturated carbocycles. The third kappa shape index (κ3) is 26.7. The molecule has 3 aromatic carbocycles. The quantitative estimate of drug-likeness (QED) is 0.0227. The molecule has 12 amide bonds. The molecule has 31 heteroatoms. The van der Waals surface area contributed by atoms with E-state index in [2.05, 4.69) is 57.8 Å². The lowest BCUT2D eigenvalue weighted by atomic mass is 9.99. The summed E-state index contributed by atoms with van der Waals surface area (Å²) in [4.78, 5) is 188. The van der Waals surface area contributed by atoms with Gasteiger partial charge in [0.15, 0.2) is 0 Å². The zero-order valence-corrected chi connectivity index (χ0v) is 56.7. The number of nitrogens with two attached hydrogens (primary N) is 4. The summed E-state index contributed by atoms with van der Waals surface area (Å²) in [6, 6.07) is 9.57. The number of nitrogens with one attached hydrogen (secondary N) is 10. The molecule has 532 valence electrons. The van der Waals surface area contributed by atoms with Gasteiger partial charge in [0.05, 0.1) is 24.8 Å². The van der Waals surface area contributed by atoms with Gasteiger partial charge in [0.1, 0.15) is 54.1 Å². The van der Waals surface area contributed by atoms with Crippen molar-refractivity contribution in [2.75, 3.05) is 25.4 Å². The molecule has 5 rings (SSSR count). The Kier molecular flexibility index (Phi) is 32.3. The highest BCUT2D eigenvalue weighted by atomic mass is 32.2. The molecule has 0 aliphatic carbocycles. The topological polar surface area (TPSA) is 486 Å². The predicted octanol–water partition coefficient (Wildman–Crippen LogP) is -1.44. The lowest BCUT2D eigenvalue weighted by Gasteiger charge is -2.29. The number of carbonyl (C=O) groups excluding carboxylic acids is 13. The molecular weight excluding hydrogens is 1280 g/mol. The third-order valence-electron chi connectivity index (χ3n) is 15.9. The molecule has 98 heavy (non-hydrogen) atoms. The fourth-order valence-corrected chi connectivity index (χ4v) is 11.6. The molecule has 0 spiro atoms. The van der Waals surface area contributed by atoms with Gasteiger partial charge in [0.25, 0.3) is 0 Å². The molecule has 19 N–H and O–H groups in total. The van der Waals surface area contributed by atoms with Crippen molar-refractivity contribution in [3.8, 4) is 5.75 Å². The monoisotopic (exact) mass is 1380 g/mol. The van der Waals surface area contributed by atoms with E-state index < -0.39 is 151 Å². The maximum Gasteiger partial charge on any atom is 0.243 e. The second kappa shape index (κ2) is 40.1. The van der Waals surface area contributed by atoms with Crippen LogP contribution in [0.25, 0.3) is 0 Å². The number of phenolic OH excluding ortho intramolecular Hbond substituents is 1. The number of hydrogen-bond donors (Lipinski definition) is 15. The molecule has 1 fully saturated rings. The van der Waals surface area contributed by atoms with Gasteiger partial charge in [0.2, 0.25) is 76.0 Å². The van der Waals surface area contributed by atoms with E-state index in [0.717, 1.165) is 17.3 Å². The molecule has 2 heterocycles. The van der Waals surface area contributed by atoms with Gasteiger partial charge in [-0.2, -0.15) is 0 Å². The summed E-state index contributed by atoms with van der Waals surface area (Å²) < 4.78 is 0. The minimum absolute atomic E-state index is 0.0323. The number of rotatable bonds is 40. The Balaban J connectivity index is 1.38. The largest absolute Gasteiger partial charge is 0.508 e. The summed E-state index contributed by atoms with van der Waals surface area (Å²) in [6.07, 6.45) is 1.53. The second-order valence-electron chi connectivity index (χ2n) is 24.9. The third-order valence-corrected chi connectivity index (χ3v) is 16.9. The van der Waals surface area contributed by atoms with Crippen LogP contribution in [0.1, 0.15) is 108 Å². The lowest BCUT2D eigenvalue weighted by molar-refractivity contribution is -0.140. The summed E-state index contributed by atoms with van der Waals surface area (Å²) >= 11 is 0.928. The first-order valence-electron chi connectivity index (χ1n) is 32.6. The Morgan fingerprint density at radius 3 is 1.67 bits per heavy atom. The second-order valence-corrected chi connectivity index (χ2v) is 26.0. The maximum absolute atomic E-state index is 14.7. The van der Waals surface area contributed by atoms with Crippen LogP contribution in [-0.4, -0.2) is 182 Å². The number of nitrogens with zero attached hydrogens (tertiary/aromatic N) is 2. The van der Waals surface area contributed by atoms with E-state index in [1.807, 2.05) is 44.2 Å². The number of thioether (sulfide) groups is 1. The van der Waals surface area contributed by atoms with Crippen molar-refractivity contribution in [3.05, 3.63) is 120 Å². The number of aromatic nitrogens is 2. The molecule has 4 aromatic rings. The van der Waals surface area contributed by atoms with Gasteiger partial charge < -0.3 is 85.8 Å². The van der Waals surface area contributed by atoms with Gasteiger partial charge in [-0.1, -0.05) is 112 Å². The summed E-state index contributed by atoms with van der Waals surface area (Å²) in [7, 11) is 0. The van der Waals surface area contributed by atoms with E-state index in [-0.39, 0.29) is 99.4 Å². The minimum atomic E-state index is -1.89. The lowest BCUT2D eigenvalue weighted by Crippen LogP contribution is -2.61. The van der Waals surface area contributed by atoms with Crippen molar-refractivity contribution in [1.82, 2.24) is 62.7 Å². The zero-order valence-electron chi connectivity index (χ0n) is 55.8. The Morgan fingerprint density at radius 1 is 0.612 bits per heavy atom. The van der Waals surface area contributed by atoms with Gasteiger partial charge in [-0.15, -0.1) is 0 Å². The summed E-state index contributed by atoms with van der Waals surface area (Å²) in [5, 5.41) is 33.4. The fraction of sp³-hybridized carbons (Fsp3) is 0.493. The average Bonchev–Trinajstić information content (AvgIpc) is 1.54. The van der Waals surface area contributed by atoms with Gasteiger partial charge in [-0.05, 0) is 92.1 Å². The van der Waals surface area contributed by atoms with Crippen molar-refractivity contribution in [1.29, 1.82) is 0 Å². The molecular formula is C67H94N16O14S. The fourth-order valence-electron chi connectivity index (χ4n) is 10.8. The van der Waals surface area contributed by atoms with Crippen LogP contribution in [0.2, 0.25) is 0 Å². The van der Waals surface area contributed by atoms with E-state index in [4.69, 9.17) is 22.9 Å². The van der Waals surface area contributed by atoms with Crippen LogP contribution in [0.3, 0.4) is 0 Å². The number of phenols is 1. The Labute approximate surface area is 573 Å². The number of aromatic hydroxyl groups is 1. The molecule has 30 nitrogen and oxygen atoms in total. The van der Waals surface area contributed by atoms with E-state index in [1.54, 1.807) is 44.2 Å². The normalized spacial score (nSPS) is 15.5. The maximum atomic E-state index is 14.7. The Morgan fingerprint density at radius 2 is 1.12 bits per heavy atom. The molecule has 1 aliphatic heterocycles. The van der Waals surface area contributed by atoms with Crippen LogP contribution < -0.4 is 70.8 Å². The summed E-state index contributed by atoms with van der Waals surface area (Å²) in [5.41, 5.74) is 25.5. The number of amides is 12. The van der Waals surface area contributed by atoms with E-state index in [1.165, 1.54) is 48.6 Å². The highest BCUT2D eigenvalue weighted by Crippen LogP contribution is 2.21. The highest BCUT2D eigenvalue weighted by molar-refractivity contribution is 8.13. The summed E-state index contributed by atoms with van der Waals surface area (Å²) in [5.74, 6) is -10.7. The van der Waals surface area contributed by atoms with E-state index >= 15 is 0 Å². The first kappa shape index (κ1) is 78.9. The first-order valence-corrected chi connectivity index (χ1v) is 33.6. The Hall–Kier alpha value is -9.75. The van der Waals surface area contributed by atoms with Crippen molar-refractivity contribution in [2.45, 2.75) is 172 Å². The molecule has 0 unspecified atom stereocenters. The number of H-pyrrole nitrogens is 1. The molecule has 0 bridgehead atoms. The van der Waals surface area contributed by atoms with E-state index in [0.29, 0.717) is 23.2 Å².